The molecular formula is C27H31N3O3. The van der Waals surface area contributed by atoms with Crippen molar-refractivity contribution in [1.82, 2.24) is 9.88 Å². The quantitative estimate of drug-likeness (QED) is 0.311. The molecule has 3 heterocycles. The number of rotatable bonds is 8. The van der Waals surface area contributed by atoms with Crippen LogP contribution in [-0.2, 0) is 6.42 Å². The molecule has 1 aliphatic heterocycles. The van der Waals surface area contributed by atoms with Crippen molar-refractivity contribution >= 4 is 27.6 Å². The Morgan fingerprint density at radius 1 is 1.00 bits per heavy atom. The van der Waals surface area contributed by atoms with E-state index in [0.29, 0.717) is 12.2 Å². The summed E-state index contributed by atoms with van der Waals surface area (Å²) in [5.74, 6) is 0.944. The van der Waals surface area contributed by atoms with Crippen LogP contribution in [0.2, 0.25) is 0 Å². The van der Waals surface area contributed by atoms with Gasteiger partial charge < -0.3 is 19.0 Å². The fourth-order valence-corrected chi connectivity index (χ4v) is 4.76. The van der Waals surface area contributed by atoms with Gasteiger partial charge in [-0.2, -0.15) is 0 Å². The van der Waals surface area contributed by atoms with E-state index in [9.17, 15) is 4.79 Å². The second-order valence-electron chi connectivity index (χ2n) is 8.72. The summed E-state index contributed by atoms with van der Waals surface area (Å²) in [5.41, 5.74) is 4.10. The first-order valence-corrected chi connectivity index (χ1v) is 11.9. The lowest BCUT2D eigenvalue weighted by atomic mass is 10.1. The van der Waals surface area contributed by atoms with Crippen LogP contribution in [0.4, 0.5) is 5.69 Å². The Balaban J connectivity index is 1.10. The molecule has 6 heteroatoms. The number of fused-ring (bicyclic) bond motifs is 2. The van der Waals surface area contributed by atoms with Crippen LogP contribution in [-0.4, -0.2) is 49.2 Å². The first-order valence-electron chi connectivity index (χ1n) is 11.9. The number of nitrogens with zero attached hydrogens (tertiary/aromatic N) is 2. The number of hydrogen-bond acceptors (Lipinski definition) is 5. The van der Waals surface area contributed by atoms with Gasteiger partial charge in [-0.05, 0) is 80.8 Å². The first-order chi connectivity index (χ1) is 16.2. The summed E-state index contributed by atoms with van der Waals surface area (Å²) in [6.07, 6.45) is 5.62. The highest BCUT2D eigenvalue weighted by Gasteiger charge is 2.17. The predicted octanol–water partition coefficient (Wildman–Crippen LogP) is 4.82. The molecule has 0 unspecified atom stereocenters. The standard InChI is InChI=1S/C27H31N3O3/c1-2-32-23-8-9-25-24(18-23)21(19-28-25)5-3-4-12-29-13-15-30(16-14-29)22-7-10-26-20(17-22)6-11-27(31)33-26/h6-11,17-19,28H,2-5,12-16H2,1H3. The summed E-state index contributed by atoms with van der Waals surface area (Å²) in [5, 5.41) is 2.25. The van der Waals surface area contributed by atoms with Crippen molar-refractivity contribution in [2.24, 2.45) is 0 Å². The first kappa shape index (κ1) is 21.6. The number of nitrogens with one attached hydrogen (secondary N) is 1. The lowest BCUT2D eigenvalue weighted by Gasteiger charge is -2.36. The van der Waals surface area contributed by atoms with Crippen molar-refractivity contribution in [3.05, 3.63) is 70.7 Å². The normalized spacial score (nSPS) is 14.9. The molecule has 0 bridgehead atoms. The van der Waals surface area contributed by atoms with Crippen molar-refractivity contribution in [3.8, 4) is 5.75 Å². The van der Waals surface area contributed by atoms with Gasteiger partial charge in [0.15, 0.2) is 0 Å². The van der Waals surface area contributed by atoms with Gasteiger partial charge >= 0.3 is 5.63 Å². The van der Waals surface area contributed by atoms with Crippen LogP contribution in [0, 0.1) is 0 Å². The van der Waals surface area contributed by atoms with E-state index in [-0.39, 0.29) is 5.63 Å². The molecule has 1 N–H and O–H groups in total. The van der Waals surface area contributed by atoms with Crippen molar-refractivity contribution < 1.29 is 9.15 Å². The Labute approximate surface area is 193 Å². The third-order valence-corrected chi connectivity index (χ3v) is 6.56. The molecule has 0 amide bonds. The molecule has 6 nitrogen and oxygen atoms in total. The van der Waals surface area contributed by atoms with Crippen molar-refractivity contribution in [1.29, 1.82) is 0 Å². The van der Waals surface area contributed by atoms with Crippen LogP contribution in [0.25, 0.3) is 21.9 Å². The smallest absolute Gasteiger partial charge is 0.336 e. The number of piperazine rings is 1. The average Bonchev–Trinajstić information content (AvgIpc) is 3.24. The topological polar surface area (TPSA) is 61.7 Å². The lowest BCUT2D eigenvalue weighted by molar-refractivity contribution is 0.253. The van der Waals surface area contributed by atoms with Gasteiger partial charge in [0.05, 0.1) is 6.61 Å². The van der Waals surface area contributed by atoms with Gasteiger partial charge in [-0.25, -0.2) is 4.79 Å². The fourth-order valence-electron chi connectivity index (χ4n) is 4.76. The molecule has 0 aliphatic carbocycles. The highest BCUT2D eigenvalue weighted by molar-refractivity contribution is 5.84. The Kier molecular flexibility index (Phi) is 6.35. The highest BCUT2D eigenvalue weighted by Crippen LogP contribution is 2.25. The third kappa shape index (κ3) is 4.91. The van der Waals surface area contributed by atoms with Crippen LogP contribution in [0.1, 0.15) is 25.3 Å². The van der Waals surface area contributed by atoms with E-state index in [2.05, 4.69) is 45.2 Å². The number of anilines is 1. The molecule has 2 aromatic carbocycles. The molecule has 0 atom stereocenters. The summed E-state index contributed by atoms with van der Waals surface area (Å²) in [4.78, 5) is 19.8. The van der Waals surface area contributed by atoms with Crippen LogP contribution >= 0.6 is 0 Å². The summed E-state index contributed by atoms with van der Waals surface area (Å²) in [7, 11) is 0. The van der Waals surface area contributed by atoms with Crippen molar-refractivity contribution in [3.63, 3.8) is 0 Å². The highest BCUT2D eigenvalue weighted by atomic mass is 16.5. The summed E-state index contributed by atoms with van der Waals surface area (Å²) >= 11 is 0. The van der Waals surface area contributed by atoms with E-state index >= 15 is 0 Å². The molecular weight excluding hydrogens is 414 g/mol. The van der Waals surface area contributed by atoms with Crippen LogP contribution in [0.3, 0.4) is 0 Å². The maximum absolute atomic E-state index is 11.4. The van der Waals surface area contributed by atoms with Gasteiger partial charge in [-0.15, -0.1) is 0 Å². The SMILES string of the molecule is CCOc1ccc2[nH]cc(CCCCN3CCN(c4ccc5oc(=O)ccc5c4)CC3)c2c1. The molecule has 4 aromatic rings. The van der Waals surface area contributed by atoms with Gasteiger partial charge in [0.25, 0.3) is 0 Å². The molecule has 1 aliphatic rings. The summed E-state index contributed by atoms with van der Waals surface area (Å²) < 4.78 is 10.9. The predicted molar refractivity (Wildman–Crippen MR) is 134 cm³/mol. The zero-order valence-electron chi connectivity index (χ0n) is 19.2. The third-order valence-electron chi connectivity index (χ3n) is 6.56. The summed E-state index contributed by atoms with van der Waals surface area (Å²) in [6, 6.07) is 15.7. The molecule has 0 radical (unpaired) electrons. The molecule has 2 aromatic heterocycles. The zero-order chi connectivity index (χ0) is 22.6. The minimum absolute atomic E-state index is 0.302. The number of benzene rings is 2. The van der Waals surface area contributed by atoms with Gasteiger partial charge in [0.1, 0.15) is 11.3 Å². The van der Waals surface area contributed by atoms with Gasteiger partial charge in [0.2, 0.25) is 0 Å². The minimum Gasteiger partial charge on any atom is -0.494 e. The average molecular weight is 446 g/mol. The molecule has 1 fully saturated rings. The maximum atomic E-state index is 11.4. The Morgan fingerprint density at radius 2 is 1.88 bits per heavy atom. The van der Waals surface area contributed by atoms with Gasteiger partial charge in [-0.1, -0.05) is 0 Å². The van der Waals surface area contributed by atoms with Crippen LogP contribution < -0.4 is 15.3 Å². The van der Waals surface area contributed by atoms with Crippen LogP contribution in [0.5, 0.6) is 5.75 Å². The number of aryl methyl sites for hydroxylation is 1. The maximum Gasteiger partial charge on any atom is 0.336 e. The minimum atomic E-state index is -0.302. The van der Waals surface area contributed by atoms with E-state index < -0.39 is 0 Å². The van der Waals surface area contributed by atoms with Gasteiger partial charge in [0, 0.05) is 60.4 Å². The molecule has 172 valence electrons. The number of aromatic amines is 1. The van der Waals surface area contributed by atoms with Gasteiger partial charge in [-0.3, -0.25) is 4.90 Å². The zero-order valence-corrected chi connectivity index (χ0v) is 19.2. The Bertz CT molecular complexity index is 1280. The Morgan fingerprint density at radius 3 is 2.73 bits per heavy atom. The number of hydrogen-bond donors (Lipinski definition) is 1. The molecule has 0 spiro atoms. The second-order valence-corrected chi connectivity index (χ2v) is 8.72. The van der Waals surface area contributed by atoms with E-state index in [4.69, 9.17) is 9.15 Å². The van der Waals surface area contributed by atoms with E-state index in [1.807, 2.05) is 25.1 Å². The fraction of sp³-hybridized carbons (Fsp3) is 0.370. The molecule has 1 saturated heterocycles. The van der Waals surface area contributed by atoms with Crippen LogP contribution in [0.15, 0.2) is 63.9 Å². The van der Waals surface area contributed by atoms with Crippen molar-refractivity contribution in [2.75, 3.05) is 44.2 Å². The Hall–Kier alpha value is -3.25. The largest absolute Gasteiger partial charge is 0.494 e. The monoisotopic (exact) mass is 445 g/mol. The summed E-state index contributed by atoms with van der Waals surface area (Å²) in [6.45, 7) is 8.04. The number of aromatic nitrogens is 1. The van der Waals surface area contributed by atoms with Crippen molar-refractivity contribution in [2.45, 2.75) is 26.2 Å². The van der Waals surface area contributed by atoms with E-state index in [0.717, 1.165) is 50.3 Å². The number of H-pyrrole nitrogens is 1. The van der Waals surface area contributed by atoms with E-state index in [1.54, 1.807) is 0 Å². The number of unbranched alkanes of at least 4 members (excludes halogenated alkanes) is 1. The number of ether oxygens (including phenoxy) is 1. The molecule has 5 rings (SSSR count). The molecule has 0 saturated carbocycles. The van der Waals surface area contributed by atoms with E-state index in [1.165, 1.54) is 41.1 Å². The molecule has 33 heavy (non-hydrogen) atoms. The lowest BCUT2D eigenvalue weighted by Crippen LogP contribution is -2.46. The second kappa shape index (κ2) is 9.71.